The summed E-state index contributed by atoms with van der Waals surface area (Å²) in [5.74, 6) is -1.41. The molecule has 1 N–H and O–H groups in total. The summed E-state index contributed by atoms with van der Waals surface area (Å²) in [6.45, 7) is -0.553. The van der Waals surface area contributed by atoms with Crippen LogP contribution in [-0.4, -0.2) is 15.5 Å². The number of carbonyl (C=O) groups is 1. The van der Waals surface area contributed by atoms with E-state index in [9.17, 15) is 22.4 Å². The van der Waals surface area contributed by atoms with Gasteiger partial charge in [-0.2, -0.15) is 13.2 Å². The first-order valence-corrected chi connectivity index (χ1v) is 7.60. The number of nitrogens with zero attached hydrogens (tertiary/aromatic N) is 2. The predicted molar refractivity (Wildman–Crippen MR) is 74.5 cm³/mol. The van der Waals surface area contributed by atoms with E-state index in [0.717, 1.165) is 42.6 Å². The highest BCUT2D eigenvalue weighted by Crippen LogP contribution is 2.41. The van der Waals surface area contributed by atoms with Crippen molar-refractivity contribution in [1.82, 2.24) is 14.9 Å². The van der Waals surface area contributed by atoms with Gasteiger partial charge in [-0.1, -0.05) is 10.6 Å². The Kier molecular flexibility index (Phi) is 4.05. The van der Waals surface area contributed by atoms with Crippen molar-refractivity contribution in [2.45, 2.75) is 31.5 Å². The lowest BCUT2D eigenvalue weighted by Crippen LogP contribution is -2.25. The summed E-state index contributed by atoms with van der Waals surface area (Å²) in [6.07, 6.45) is -2.86. The van der Waals surface area contributed by atoms with E-state index in [-0.39, 0.29) is 10.8 Å². The molecule has 0 spiro atoms. The van der Waals surface area contributed by atoms with Crippen LogP contribution in [0, 0.1) is 5.82 Å². The van der Waals surface area contributed by atoms with Crippen molar-refractivity contribution >= 4 is 17.4 Å². The molecule has 0 saturated heterocycles. The van der Waals surface area contributed by atoms with Gasteiger partial charge in [0.15, 0.2) is 0 Å². The summed E-state index contributed by atoms with van der Waals surface area (Å²) in [4.78, 5) is 12.4. The lowest BCUT2D eigenvalue weighted by Gasteiger charge is -2.14. The number of aromatic nitrogens is 2. The van der Waals surface area contributed by atoms with Crippen LogP contribution in [0.2, 0.25) is 0 Å². The van der Waals surface area contributed by atoms with Gasteiger partial charge < -0.3 is 5.32 Å². The number of halogens is 4. The number of hydrogen-bond donors (Lipinski definition) is 1. The van der Waals surface area contributed by atoms with E-state index in [2.05, 4.69) is 14.9 Å². The average Bonchev–Trinajstić information content (AvgIpc) is 3.21. The summed E-state index contributed by atoms with van der Waals surface area (Å²) < 4.78 is 56.1. The topological polar surface area (TPSA) is 54.9 Å². The SMILES string of the molecule is O=C(NCc1c(F)cccc1C(F)(F)F)c1snnc1C1CC1. The Morgan fingerprint density at radius 3 is 2.74 bits per heavy atom. The fraction of sp³-hybridized carbons (Fsp3) is 0.357. The average molecular weight is 345 g/mol. The molecular weight excluding hydrogens is 334 g/mol. The maximum absolute atomic E-state index is 13.7. The van der Waals surface area contributed by atoms with Crippen LogP contribution in [0.15, 0.2) is 18.2 Å². The van der Waals surface area contributed by atoms with Crippen LogP contribution in [0.4, 0.5) is 17.6 Å². The van der Waals surface area contributed by atoms with E-state index >= 15 is 0 Å². The smallest absolute Gasteiger partial charge is 0.347 e. The third kappa shape index (κ3) is 3.34. The molecule has 23 heavy (non-hydrogen) atoms. The molecule has 3 rings (SSSR count). The molecule has 0 aliphatic heterocycles. The predicted octanol–water partition coefficient (Wildman–Crippen LogP) is 3.50. The monoisotopic (exact) mass is 345 g/mol. The van der Waals surface area contributed by atoms with E-state index < -0.39 is 35.6 Å². The van der Waals surface area contributed by atoms with Gasteiger partial charge in [-0.05, 0) is 36.5 Å². The summed E-state index contributed by atoms with van der Waals surface area (Å²) in [5.41, 5.74) is -1.11. The number of benzene rings is 1. The van der Waals surface area contributed by atoms with Crippen molar-refractivity contribution in [2.24, 2.45) is 0 Å². The molecule has 1 aromatic heterocycles. The zero-order chi connectivity index (χ0) is 16.6. The first kappa shape index (κ1) is 15.9. The molecule has 1 aliphatic rings. The van der Waals surface area contributed by atoms with Gasteiger partial charge in [0, 0.05) is 18.0 Å². The van der Waals surface area contributed by atoms with E-state index in [0.29, 0.717) is 5.69 Å². The van der Waals surface area contributed by atoms with Crippen LogP contribution in [0.5, 0.6) is 0 Å². The molecule has 4 nitrogen and oxygen atoms in total. The lowest BCUT2D eigenvalue weighted by molar-refractivity contribution is -0.138. The van der Waals surface area contributed by atoms with E-state index in [1.165, 1.54) is 0 Å². The van der Waals surface area contributed by atoms with Gasteiger partial charge in [0.1, 0.15) is 10.7 Å². The van der Waals surface area contributed by atoms with Crippen LogP contribution in [-0.2, 0) is 12.7 Å². The Bertz CT molecular complexity index is 740. The van der Waals surface area contributed by atoms with Gasteiger partial charge in [-0.25, -0.2) is 4.39 Å². The van der Waals surface area contributed by atoms with Crippen molar-refractivity contribution in [3.8, 4) is 0 Å². The van der Waals surface area contributed by atoms with Crippen molar-refractivity contribution in [1.29, 1.82) is 0 Å². The highest BCUT2D eigenvalue weighted by Gasteiger charge is 2.35. The number of alkyl halides is 3. The minimum absolute atomic E-state index is 0.189. The number of rotatable bonds is 4. The number of carbonyl (C=O) groups excluding carboxylic acids is 1. The molecule has 1 fully saturated rings. The second-order valence-corrected chi connectivity index (χ2v) is 5.96. The molecule has 9 heteroatoms. The maximum Gasteiger partial charge on any atom is 0.416 e. The molecule has 2 aromatic rings. The van der Waals surface area contributed by atoms with E-state index in [1.807, 2.05) is 0 Å². The third-order valence-corrected chi connectivity index (χ3v) is 4.27. The molecule has 1 heterocycles. The van der Waals surface area contributed by atoms with Gasteiger partial charge in [0.05, 0.1) is 11.3 Å². The van der Waals surface area contributed by atoms with Gasteiger partial charge in [-0.15, -0.1) is 5.10 Å². The highest BCUT2D eigenvalue weighted by molar-refractivity contribution is 7.08. The minimum Gasteiger partial charge on any atom is -0.347 e. The van der Waals surface area contributed by atoms with Crippen molar-refractivity contribution < 1.29 is 22.4 Å². The Morgan fingerprint density at radius 1 is 1.35 bits per heavy atom. The van der Waals surface area contributed by atoms with E-state index in [4.69, 9.17) is 0 Å². The first-order valence-electron chi connectivity index (χ1n) is 6.83. The molecule has 1 amide bonds. The Labute approximate surface area is 132 Å². The number of amides is 1. The van der Waals surface area contributed by atoms with Gasteiger partial charge >= 0.3 is 6.18 Å². The van der Waals surface area contributed by atoms with Crippen molar-refractivity contribution in [3.05, 3.63) is 45.7 Å². The van der Waals surface area contributed by atoms with Crippen LogP contribution in [0.25, 0.3) is 0 Å². The van der Waals surface area contributed by atoms with Crippen LogP contribution >= 0.6 is 11.5 Å². The molecule has 0 atom stereocenters. The standard InChI is InChI=1S/C14H11F4N3OS/c15-10-3-1-2-9(14(16,17)18)8(10)6-19-13(22)12-11(7-4-5-7)20-21-23-12/h1-3,7H,4-6H2,(H,19,22). The summed E-state index contributed by atoms with van der Waals surface area (Å²) >= 11 is 0.886. The quantitative estimate of drug-likeness (QED) is 0.863. The lowest BCUT2D eigenvalue weighted by atomic mass is 10.1. The third-order valence-electron chi connectivity index (χ3n) is 3.53. The Balaban J connectivity index is 1.78. The van der Waals surface area contributed by atoms with Crippen LogP contribution < -0.4 is 5.32 Å². The molecule has 1 saturated carbocycles. The van der Waals surface area contributed by atoms with Gasteiger partial charge in [-0.3, -0.25) is 4.79 Å². The number of hydrogen-bond acceptors (Lipinski definition) is 4. The zero-order valence-electron chi connectivity index (χ0n) is 11.7. The molecule has 0 bridgehead atoms. The molecule has 0 radical (unpaired) electrons. The normalized spacial score (nSPS) is 14.8. The molecule has 122 valence electrons. The summed E-state index contributed by atoms with van der Waals surface area (Å²) in [5, 5.41) is 6.21. The van der Waals surface area contributed by atoms with Crippen molar-refractivity contribution in [2.75, 3.05) is 0 Å². The second-order valence-electron chi connectivity index (χ2n) is 5.21. The molecule has 1 aliphatic carbocycles. The fourth-order valence-corrected chi connectivity index (χ4v) is 2.90. The fourth-order valence-electron chi connectivity index (χ4n) is 2.23. The van der Waals surface area contributed by atoms with E-state index in [1.54, 1.807) is 0 Å². The van der Waals surface area contributed by atoms with Gasteiger partial charge in [0.2, 0.25) is 0 Å². The largest absolute Gasteiger partial charge is 0.416 e. The minimum atomic E-state index is -4.69. The molecular formula is C14H11F4N3OS. The maximum atomic E-state index is 13.7. The number of nitrogens with one attached hydrogen (secondary N) is 1. The summed E-state index contributed by atoms with van der Waals surface area (Å²) in [6, 6.07) is 2.71. The van der Waals surface area contributed by atoms with Crippen LogP contribution in [0.1, 0.15) is 45.3 Å². The summed E-state index contributed by atoms with van der Waals surface area (Å²) in [7, 11) is 0. The second kappa shape index (κ2) is 5.88. The van der Waals surface area contributed by atoms with Crippen molar-refractivity contribution in [3.63, 3.8) is 0 Å². The first-order chi connectivity index (χ1) is 10.9. The van der Waals surface area contributed by atoms with Gasteiger partial charge in [0.25, 0.3) is 5.91 Å². The Hall–Kier alpha value is -2.03. The zero-order valence-corrected chi connectivity index (χ0v) is 12.5. The van der Waals surface area contributed by atoms with Crippen LogP contribution in [0.3, 0.4) is 0 Å². The Morgan fingerprint density at radius 2 is 2.09 bits per heavy atom. The molecule has 0 unspecified atom stereocenters. The highest BCUT2D eigenvalue weighted by atomic mass is 32.1. The molecule has 1 aromatic carbocycles.